The zero-order chi connectivity index (χ0) is 18.0. The van der Waals surface area contributed by atoms with Gasteiger partial charge in [0.25, 0.3) is 5.91 Å². The highest BCUT2D eigenvalue weighted by Gasteiger charge is 2.32. The zero-order valence-corrected chi connectivity index (χ0v) is 14.4. The predicted molar refractivity (Wildman–Crippen MR) is 94.2 cm³/mol. The van der Waals surface area contributed by atoms with E-state index in [1.165, 1.54) is 0 Å². The number of carbonyl (C=O) groups excluding carboxylic acids is 3. The predicted octanol–water partition coefficient (Wildman–Crippen LogP) is 2.74. The second-order valence-electron chi connectivity index (χ2n) is 5.96. The minimum atomic E-state index is -0.429. The fourth-order valence-electron chi connectivity index (χ4n) is 2.83. The molecule has 0 radical (unpaired) electrons. The average Bonchev–Trinajstić information content (AvgIpc) is 2.59. The van der Waals surface area contributed by atoms with Gasteiger partial charge in [0, 0.05) is 10.6 Å². The first-order chi connectivity index (χ1) is 12.0. The largest absolute Gasteiger partial charge is 0.348 e. The van der Waals surface area contributed by atoms with Crippen LogP contribution in [0.25, 0.3) is 0 Å². The van der Waals surface area contributed by atoms with Gasteiger partial charge in [0.05, 0.1) is 12.5 Å². The summed E-state index contributed by atoms with van der Waals surface area (Å²) in [5.41, 5.74) is 2.06. The lowest BCUT2D eigenvalue weighted by molar-refractivity contribution is -0.133. The van der Waals surface area contributed by atoms with E-state index in [9.17, 15) is 14.4 Å². The summed E-state index contributed by atoms with van der Waals surface area (Å²) in [5.74, 6) is -1.18. The molecule has 0 saturated carbocycles. The Kier molecular flexibility index (Phi) is 4.86. The Labute approximate surface area is 150 Å². The molecule has 0 spiro atoms. The molecule has 1 heterocycles. The number of carbonyl (C=O) groups is 3. The molecule has 5 nitrogen and oxygen atoms in total. The number of nitrogens with zero attached hydrogens (tertiary/aromatic N) is 1. The molecule has 3 rings (SSSR count). The Morgan fingerprint density at radius 2 is 1.84 bits per heavy atom. The van der Waals surface area contributed by atoms with Gasteiger partial charge in [-0.3, -0.25) is 19.3 Å². The van der Waals surface area contributed by atoms with Gasteiger partial charge in [-0.25, -0.2) is 0 Å². The number of rotatable bonds is 4. The molecule has 25 heavy (non-hydrogen) atoms. The minimum Gasteiger partial charge on any atom is -0.348 e. The van der Waals surface area contributed by atoms with Crippen molar-refractivity contribution in [3.05, 3.63) is 70.2 Å². The summed E-state index contributed by atoms with van der Waals surface area (Å²) in [6.45, 7) is 1.54. The van der Waals surface area contributed by atoms with E-state index in [-0.39, 0.29) is 30.8 Å². The Balaban J connectivity index is 1.67. The summed E-state index contributed by atoms with van der Waals surface area (Å²) in [6, 6.07) is 13.8. The van der Waals surface area contributed by atoms with Crippen LogP contribution in [0, 0.1) is 0 Å². The van der Waals surface area contributed by atoms with Gasteiger partial charge in [-0.05, 0) is 36.2 Å². The first-order valence-corrected chi connectivity index (χ1v) is 8.31. The van der Waals surface area contributed by atoms with Crippen molar-refractivity contribution in [1.82, 2.24) is 10.2 Å². The second-order valence-corrected chi connectivity index (χ2v) is 6.40. The zero-order valence-electron chi connectivity index (χ0n) is 13.7. The fraction of sp³-hybridized carbons (Fsp3) is 0.211. The van der Waals surface area contributed by atoms with E-state index in [2.05, 4.69) is 5.32 Å². The van der Waals surface area contributed by atoms with Gasteiger partial charge >= 0.3 is 0 Å². The third-order valence-electron chi connectivity index (χ3n) is 4.18. The van der Waals surface area contributed by atoms with E-state index in [0.717, 1.165) is 10.5 Å². The number of hydrogen-bond acceptors (Lipinski definition) is 3. The third kappa shape index (κ3) is 3.72. The summed E-state index contributed by atoms with van der Waals surface area (Å²) >= 11 is 5.86. The molecule has 0 unspecified atom stereocenters. The summed E-state index contributed by atoms with van der Waals surface area (Å²) in [6.07, 6.45) is 0.127. The van der Waals surface area contributed by atoms with E-state index in [1.807, 2.05) is 19.1 Å². The van der Waals surface area contributed by atoms with Crippen LogP contribution in [0.5, 0.6) is 0 Å². The minimum absolute atomic E-state index is 0.127. The van der Waals surface area contributed by atoms with Crippen molar-refractivity contribution in [2.45, 2.75) is 19.4 Å². The number of nitrogens with one attached hydrogen (secondary N) is 1. The number of fused-ring (bicyclic) bond motifs is 1. The summed E-state index contributed by atoms with van der Waals surface area (Å²) in [4.78, 5) is 38.0. The standard InChI is InChI=1S/C19H17ClN2O3/c1-12(13-6-8-15(20)9-7-13)21-17(23)11-22-18(24)10-14-4-2-3-5-16(14)19(22)25/h2-9,12H,10-11H2,1H3,(H,21,23)/t12-/m1/s1. The van der Waals surface area contributed by atoms with Crippen molar-refractivity contribution in [3.8, 4) is 0 Å². The van der Waals surface area contributed by atoms with Crippen LogP contribution < -0.4 is 5.32 Å². The van der Waals surface area contributed by atoms with E-state index >= 15 is 0 Å². The smallest absolute Gasteiger partial charge is 0.261 e. The monoisotopic (exact) mass is 356 g/mol. The van der Waals surface area contributed by atoms with Gasteiger partial charge in [-0.2, -0.15) is 0 Å². The van der Waals surface area contributed by atoms with Crippen LogP contribution >= 0.6 is 11.6 Å². The molecular formula is C19H17ClN2O3. The number of hydrogen-bond donors (Lipinski definition) is 1. The molecule has 1 aliphatic heterocycles. The molecule has 0 bridgehead atoms. The Morgan fingerprint density at radius 3 is 2.56 bits per heavy atom. The molecule has 2 aromatic carbocycles. The van der Waals surface area contributed by atoms with Gasteiger partial charge in [0.15, 0.2) is 0 Å². The first-order valence-electron chi connectivity index (χ1n) is 7.93. The van der Waals surface area contributed by atoms with Crippen LogP contribution in [0.2, 0.25) is 5.02 Å². The van der Waals surface area contributed by atoms with Gasteiger partial charge in [-0.15, -0.1) is 0 Å². The van der Waals surface area contributed by atoms with Crippen molar-refractivity contribution < 1.29 is 14.4 Å². The van der Waals surface area contributed by atoms with Crippen LogP contribution in [0.1, 0.15) is 34.5 Å². The number of imide groups is 1. The topological polar surface area (TPSA) is 66.5 Å². The quantitative estimate of drug-likeness (QED) is 0.856. The maximum Gasteiger partial charge on any atom is 0.261 e. The highest BCUT2D eigenvalue weighted by molar-refractivity contribution is 6.30. The maximum atomic E-state index is 12.5. The molecule has 0 aromatic heterocycles. The highest BCUT2D eigenvalue weighted by atomic mass is 35.5. The lowest BCUT2D eigenvalue weighted by atomic mass is 9.98. The van der Waals surface area contributed by atoms with Crippen molar-refractivity contribution in [1.29, 1.82) is 0 Å². The second kappa shape index (κ2) is 7.07. The molecule has 3 amide bonds. The van der Waals surface area contributed by atoms with Crippen LogP contribution in [0.3, 0.4) is 0 Å². The molecule has 6 heteroatoms. The molecule has 1 aliphatic rings. The van der Waals surface area contributed by atoms with Gasteiger partial charge < -0.3 is 5.32 Å². The SMILES string of the molecule is C[C@@H](NC(=O)CN1C(=O)Cc2ccccc2C1=O)c1ccc(Cl)cc1. The first kappa shape index (κ1) is 17.2. The normalized spacial score (nSPS) is 14.9. The lowest BCUT2D eigenvalue weighted by Crippen LogP contribution is -2.47. The van der Waals surface area contributed by atoms with Crippen LogP contribution in [0.4, 0.5) is 0 Å². The number of benzene rings is 2. The Hall–Kier alpha value is -2.66. The molecule has 1 atom stereocenters. The number of amides is 3. The average molecular weight is 357 g/mol. The highest BCUT2D eigenvalue weighted by Crippen LogP contribution is 2.20. The summed E-state index contributed by atoms with van der Waals surface area (Å²) < 4.78 is 0. The van der Waals surface area contributed by atoms with Gasteiger partial charge in [0.2, 0.25) is 11.8 Å². The Morgan fingerprint density at radius 1 is 1.16 bits per heavy atom. The summed E-state index contributed by atoms with van der Waals surface area (Å²) in [7, 11) is 0. The van der Waals surface area contributed by atoms with Crippen molar-refractivity contribution in [2.24, 2.45) is 0 Å². The lowest BCUT2D eigenvalue weighted by Gasteiger charge is -2.26. The molecule has 2 aromatic rings. The van der Waals surface area contributed by atoms with Crippen molar-refractivity contribution >= 4 is 29.3 Å². The summed E-state index contributed by atoms with van der Waals surface area (Å²) in [5, 5.41) is 3.42. The number of halogens is 1. The Bertz CT molecular complexity index is 833. The van der Waals surface area contributed by atoms with Gasteiger partial charge in [0.1, 0.15) is 6.54 Å². The molecule has 0 aliphatic carbocycles. The van der Waals surface area contributed by atoms with Gasteiger partial charge in [-0.1, -0.05) is 41.9 Å². The van der Waals surface area contributed by atoms with Crippen LogP contribution in [-0.4, -0.2) is 29.2 Å². The van der Waals surface area contributed by atoms with Crippen molar-refractivity contribution in [2.75, 3.05) is 6.54 Å². The van der Waals surface area contributed by atoms with E-state index in [0.29, 0.717) is 16.1 Å². The molecule has 0 saturated heterocycles. The molecule has 1 N–H and O–H groups in total. The van der Waals surface area contributed by atoms with E-state index < -0.39 is 5.91 Å². The molecule has 128 valence electrons. The fourth-order valence-corrected chi connectivity index (χ4v) is 2.95. The van der Waals surface area contributed by atoms with Crippen molar-refractivity contribution in [3.63, 3.8) is 0 Å². The molecular weight excluding hydrogens is 340 g/mol. The molecule has 0 fully saturated rings. The van der Waals surface area contributed by atoms with Crippen LogP contribution in [0.15, 0.2) is 48.5 Å². The van der Waals surface area contributed by atoms with E-state index in [1.54, 1.807) is 36.4 Å². The van der Waals surface area contributed by atoms with E-state index in [4.69, 9.17) is 11.6 Å². The third-order valence-corrected chi connectivity index (χ3v) is 4.44. The maximum absolute atomic E-state index is 12.5. The van der Waals surface area contributed by atoms with Crippen LogP contribution in [-0.2, 0) is 16.0 Å².